The number of benzene rings is 4. The summed E-state index contributed by atoms with van der Waals surface area (Å²) in [5, 5.41) is 2.82. The molecule has 39 heavy (non-hydrogen) atoms. The van der Waals surface area contributed by atoms with Crippen LogP contribution in [0.25, 0.3) is 0 Å². The van der Waals surface area contributed by atoms with Crippen molar-refractivity contribution in [3.05, 3.63) is 112 Å². The van der Waals surface area contributed by atoms with Crippen molar-refractivity contribution in [2.75, 3.05) is 23.6 Å². The van der Waals surface area contributed by atoms with Crippen molar-refractivity contribution in [1.82, 2.24) is 0 Å². The van der Waals surface area contributed by atoms with E-state index in [-0.39, 0.29) is 31.8 Å². The van der Waals surface area contributed by atoms with Gasteiger partial charge in [-0.2, -0.15) is 0 Å². The van der Waals surface area contributed by atoms with Gasteiger partial charge in [-0.05, 0) is 48.4 Å². The summed E-state index contributed by atoms with van der Waals surface area (Å²) in [6.07, 6.45) is 0. The molecule has 7 nitrogen and oxygen atoms in total. The summed E-state index contributed by atoms with van der Waals surface area (Å²) in [5.41, 5.74) is 3.11. The van der Waals surface area contributed by atoms with Crippen LogP contribution in [-0.2, 0) is 16.8 Å². The van der Waals surface area contributed by atoms with Gasteiger partial charge in [0.2, 0.25) is 12.7 Å². The monoisotopic (exact) mass is 522 g/mol. The van der Waals surface area contributed by atoms with E-state index >= 15 is 0 Å². The molecular formula is C31H23FN2O5. The van der Waals surface area contributed by atoms with Crippen molar-refractivity contribution in [3.8, 4) is 17.2 Å². The average molecular weight is 523 g/mol. The highest BCUT2D eigenvalue weighted by atomic mass is 19.1. The molecule has 3 aliphatic rings. The van der Waals surface area contributed by atoms with E-state index < -0.39 is 11.2 Å². The van der Waals surface area contributed by atoms with Crippen LogP contribution in [0.2, 0.25) is 0 Å². The third-order valence-electron chi connectivity index (χ3n) is 7.75. The minimum Gasteiger partial charge on any atom is -0.491 e. The van der Waals surface area contributed by atoms with Crippen molar-refractivity contribution >= 4 is 23.2 Å². The van der Waals surface area contributed by atoms with Crippen molar-refractivity contribution < 1.29 is 28.2 Å². The van der Waals surface area contributed by atoms with Crippen LogP contribution < -0.4 is 24.4 Å². The Hall–Kier alpha value is -4.85. The van der Waals surface area contributed by atoms with Crippen LogP contribution in [0.15, 0.2) is 78.9 Å². The fraction of sp³-hybridized carbons (Fsp3) is 0.161. The highest BCUT2D eigenvalue weighted by Gasteiger charge is 2.57. The Morgan fingerprint density at radius 3 is 2.56 bits per heavy atom. The Morgan fingerprint density at radius 2 is 1.69 bits per heavy atom. The lowest BCUT2D eigenvalue weighted by Gasteiger charge is -2.24. The van der Waals surface area contributed by atoms with Gasteiger partial charge in [0.15, 0.2) is 11.5 Å². The molecule has 3 heterocycles. The molecule has 0 fully saturated rings. The molecule has 194 valence electrons. The number of nitrogens with zero attached hydrogens (tertiary/aromatic N) is 1. The molecule has 4 aromatic rings. The molecule has 4 aromatic carbocycles. The Labute approximate surface area is 223 Å². The first-order valence-electron chi connectivity index (χ1n) is 12.6. The number of nitrogens with one attached hydrogen (secondary N) is 1. The van der Waals surface area contributed by atoms with Crippen LogP contribution in [-0.4, -0.2) is 25.2 Å². The van der Waals surface area contributed by atoms with Crippen LogP contribution in [0.3, 0.4) is 0 Å². The third-order valence-corrected chi connectivity index (χ3v) is 7.75. The van der Waals surface area contributed by atoms with Gasteiger partial charge in [-0.25, -0.2) is 4.39 Å². The summed E-state index contributed by atoms with van der Waals surface area (Å²) >= 11 is 0. The molecule has 0 bridgehead atoms. The number of carbonyl (C=O) groups excluding carboxylic acids is 2. The molecular weight excluding hydrogens is 499 g/mol. The second-order valence-corrected chi connectivity index (χ2v) is 9.83. The van der Waals surface area contributed by atoms with Crippen molar-refractivity contribution in [1.29, 1.82) is 0 Å². The standard InChI is InChI=1S/C31H23FN2O5/c1-18-23(32)10-6-11-24(18)33-29(35)20-8-3-2-7-19(20)15-34-25-12-5-4-9-21(25)31(30(34)36)16-37-26-14-28-27(13-22(26)31)38-17-39-28/h2-14H,15-17H2,1H3,(H,33,35). The molecule has 0 saturated heterocycles. The normalized spacial score (nSPS) is 18.2. The van der Waals surface area contributed by atoms with Crippen LogP contribution >= 0.6 is 0 Å². The third kappa shape index (κ3) is 3.41. The number of rotatable bonds is 4. The summed E-state index contributed by atoms with van der Waals surface area (Å²) in [6, 6.07) is 23.0. The Kier molecular flexibility index (Phi) is 5.13. The van der Waals surface area contributed by atoms with Gasteiger partial charge >= 0.3 is 0 Å². The first-order valence-corrected chi connectivity index (χ1v) is 12.6. The van der Waals surface area contributed by atoms with Gasteiger partial charge in [-0.3, -0.25) is 9.59 Å². The molecule has 0 saturated carbocycles. The second kappa shape index (κ2) is 8.59. The lowest BCUT2D eigenvalue weighted by molar-refractivity contribution is -0.122. The number of para-hydroxylation sites is 1. The summed E-state index contributed by atoms with van der Waals surface area (Å²) < 4.78 is 31.2. The summed E-state index contributed by atoms with van der Waals surface area (Å²) in [6.45, 7) is 2.06. The van der Waals surface area contributed by atoms with Crippen LogP contribution in [0.1, 0.15) is 32.6 Å². The minimum absolute atomic E-state index is 0.121. The number of amides is 2. The molecule has 1 atom stereocenters. The van der Waals surface area contributed by atoms with Gasteiger partial charge < -0.3 is 24.4 Å². The van der Waals surface area contributed by atoms with Crippen LogP contribution in [0.5, 0.6) is 17.2 Å². The quantitative estimate of drug-likeness (QED) is 0.392. The predicted octanol–water partition coefficient (Wildman–Crippen LogP) is 5.34. The molecule has 0 radical (unpaired) electrons. The zero-order chi connectivity index (χ0) is 26.7. The van der Waals surface area contributed by atoms with E-state index in [1.165, 1.54) is 6.07 Å². The molecule has 3 aliphatic heterocycles. The van der Waals surface area contributed by atoms with E-state index in [0.29, 0.717) is 39.6 Å². The Balaban J connectivity index is 1.26. The van der Waals surface area contributed by atoms with E-state index in [1.54, 1.807) is 42.2 Å². The van der Waals surface area contributed by atoms with E-state index in [2.05, 4.69) is 5.32 Å². The zero-order valence-corrected chi connectivity index (χ0v) is 21.0. The lowest BCUT2D eigenvalue weighted by atomic mass is 9.77. The van der Waals surface area contributed by atoms with Gasteiger partial charge in [0.1, 0.15) is 23.6 Å². The van der Waals surface area contributed by atoms with Gasteiger partial charge in [-0.15, -0.1) is 0 Å². The van der Waals surface area contributed by atoms with Gasteiger partial charge in [-0.1, -0.05) is 42.5 Å². The Morgan fingerprint density at radius 1 is 0.923 bits per heavy atom. The van der Waals surface area contributed by atoms with E-state index in [1.807, 2.05) is 42.5 Å². The van der Waals surface area contributed by atoms with Gasteiger partial charge in [0, 0.05) is 34.1 Å². The number of hydrogen-bond acceptors (Lipinski definition) is 5. The van der Waals surface area contributed by atoms with E-state index in [0.717, 1.165) is 16.8 Å². The molecule has 1 unspecified atom stereocenters. The fourth-order valence-corrected chi connectivity index (χ4v) is 5.70. The molecule has 7 rings (SSSR count). The van der Waals surface area contributed by atoms with Crippen LogP contribution in [0, 0.1) is 12.7 Å². The predicted molar refractivity (Wildman–Crippen MR) is 142 cm³/mol. The summed E-state index contributed by atoms with van der Waals surface area (Å²) in [5.74, 6) is 0.849. The number of carbonyl (C=O) groups is 2. The molecule has 0 aliphatic carbocycles. The van der Waals surface area contributed by atoms with Gasteiger partial charge in [0.05, 0.1) is 6.54 Å². The maximum absolute atomic E-state index is 14.3. The molecule has 1 spiro atoms. The Bertz CT molecular complexity index is 1690. The molecule has 1 N–H and O–H groups in total. The molecule has 0 aromatic heterocycles. The largest absolute Gasteiger partial charge is 0.491 e. The molecule has 2 amide bonds. The minimum atomic E-state index is -1.04. The highest BCUT2D eigenvalue weighted by Crippen LogP contribution is 2.55. The number of ether oxygens (including phenoxy) is 3. The first-order chi connectivity index (χ1) is 19.0. The van der Waals surface area contributed by atoms with Crippen LogP contribution in [0.4, 0.5) is 15.8 Å². The van der Waals surface area contributed by atoms with Crippen molar-refractivity contribution in [2.45, 2.75) is 18.9 Å². The molecule has 8 heteroatoms. The second-order valence-electron chi connectivity index (χ2n) is 9.83. The maximum atomic E-state index is 14.3. The smallest absolute Gasteiger partial charge is 0.256 e. The topological polar surface area (TPSA) is 77.1 Å². The van der Waals surface area contributed by atoms with Gasteiger partial charge in [0.25, 0.3) is 5.91 Å². The maximum Gasteiger partial charge on any atom is 0.256 e. The van der Waals surface area contributed by atoms with E-state index in [4.69, 9.17) is 14.2 Å². The number of hydrogen-bond donors (Lipinski definition) is 1. The lowest BCUT2D eigenvalue weighted by Crippen LogP contribution is -2.42. The number of anilines is 2. The number of fused-ring (bicyclic) bond motifs is 5. The SMILES string of the molecule is Cc1c(F)cccc1NC(=O)c1ccccc1CN1C(=O)C2(COc3cc4c(cc32)OCO4)c2ccccc21. The van der Waals surface area contributed by atoms with Crippen molar-refractivity contribution in [3.63, 3.8) is 0 Å². The zero-order valence-electron chi connectivity index (χ0n) is 21.0. The van der Waals surface area contributed by atoms with Crippen molar-refractivity contribution in [2.24, 2.45) is 0 Å². The highest BCUT2D eigenvalue weighted by molar-refractivity contribution is 6.12. The average Bonchev–Trinajstić information content (AvgIpc) is 3.63. The van der Waals surface area contributed by atoms with E-state index in [9.17, 15) is 14.0 Å². The first kappa shape index (κ1) is 23.3. The summed E-state index contributed by atoms with van der Waals surface area (Å²) in [4.78, 5) is 29.4. The summed E-state index contributed by atoms with van der Waals surface area (Å²) in [7, 11) is 0. The number of halogens is 1. The fourth-order valence-electron chi connectivity index (χ4n) is 5.70.